The number of hydrogen-bond acceptors (Lipinski definition) is 6. The summed E-state index contributed by atoms with van der Waals surface area (Å²) < 4.78 is 0. The number of aliphatic carboxylic acids is 1. The summed E-state index contributed by atoms with van der Waals surface area (Å²) in [6, 6.07) is 23.4. The van der Waals surface area contributed by atoms with Crippen LogP contribution in [0.2, 0.25) is 0 Å². The van der Waals surface area contributed by atoms with Crippen LogP contribution in [0, 0.1) is 0 Å². The molecule has 0 aliphatic heterocycles. The fourth-order valence-corrected chi connectivity index (χ4v) is 5.67. The Morgan fingerprint density at radius 2 is 1.41 bits per heavy atom. The van der Waals surface area contributed by atoms with E-state index in [-0.39, 0.29) is 22.4 Å². The smallest absolute Gasteiger partial charge is 0.326 e. The van der Waals surface area contributed by atoms with Gasteiger partial charge in [0, 0.05) is 40.4 Å². The number of carboxylic acid groups (broad SMARTS) is 1. The predicted octanol–water partition coefficient (Wildman–Crippen LogP) is 4.80. The highest BCUT2D eigenvalue weighted by molar-refractivity contribution is 8.18. The number of thioether (sulfide) groups is 2. The van der Waals surface area contributed by atoms with Gasteiger partial charge in [-0.3, -0.25) is 14.4 Å². The minimum atomic E-state index is -1.21. The molecule has 1 unspecified atom stereocenters. The second-order valence-electron chi connectivity index (χ2n) is 8.19. The van der Waals surface area contributed by atoms with E-state index in [4.69, 9.17) is 0 Å². The van der Waals surface area contributed by atoms with Gasteiger partial charge in [-0.05, 0) is 11.6 Å². The van der Waals surface area contributed by atoms with E-state index in [1.807, 2.05) is 24.3 Å². The monoisotopic (exact) mass is 532 g/mol. The molecular formula is C28H24N2O5S2. The van der Waals surface area contributed by atoms with Crippen LogP contribution in [-0.4, -0.2) is 49.2 Å². The molecule has 0 saturated heterocycles. The summed E-state index contributed by atoms with van der Waals surface area (Å²) in [6.45, 7) is 0. The maximum Gasteiger partial charge on any atom is 0.326 e. The number of nitrogens with one attached hydrogen (secondary N) is 2. The molecule has 1 amide bonds. The average Bonchev–Trinajstić information content (AvgIpc) is 3.34. The van der Waals surface area contributed by atoms with E-state index in [1.54, 1.807) is 66.9 Å². The highest BCUT2D eigenvalue weighted by Crippen LogP contribution is 2.25. The Kier molecular flexibility index (Phi) is 8.81. The molecule has 3 aromatic carbocycles. The van der Waals surface area contributed by atoms with E-state index in [2.05, 4.69) is 10.3 Å². The Morgan fingerprint density at radius 3 is 2.05 bits per heavy atom. The summed E-state index contributed by atoms with van der Waals surface area (Å²) >= 11 is 1.70. The van der Waals surface area contributed by atoms with Crippen molar-refractivity contribution >= 4 is 56.5 Å². The molecule has 0 fully saturated rings. The van der Waals surface area contributed by atoms with Gasteiger partial charge < -0.3 is 15.4 Å². The number of carboxylic acids is 1. The number of aromatic amines is 1. The van der Waals surface area contributed by atoms with Crippen LogP contribution in [0.1, 0.15) is 26.3 Å². The van der Waals surface area contributed by atoms with E-state index in [0.29, 0.717) is 11.1 Å². The van der Waals surface area contributed by atoms with Crippen LogP contribution < -0.4 is 5.32 Å². The van der Waals surface area contributed by atoms with Crippen LogP contribution >= 0.6 is 23.5 Å². The highest BCUT2D eigenvalue weighted by Gasteiger charge is 2.29. The topological polar surface area (TPSA) is 116 Å². The van der Waals surface area contributed by atoms with Gasteiger partial charge in [0.05, 0.1) is 0 Å². The fraction of sp³-hybridized carbons (Fsp3) is 0.143. The maximum atomic E-state index is 13.3. The zero-order chi connectivity index (χ0) is 26.2. The van der Waals surface area contributed by atoms with Gasteiger partial charge in [0.25, 0.3) is 0 Å². The molecule has 0 saturated carbocycles. The van der Waals surface area contributed by atoms with Crippen molar-refractivity contribution in [2.45, 2.75) is 17.7 Å². The standard InChI is InChI=1S/C28H24N2O5S2/c31-25(30-23(26(32)33)15-20-16-29-22-14-8-7-13-21(20)22)24(37-28(35)19-11-5-2-6-12-19)17-36-27(34)18-9-3-1-4-10-18/h1-14,16,23-24,29H,15,17H2,(H,30,31)(H,32,33)/t23-,24?/m0/s1. The summed E-state index contributed by atoms with van der Waals surface area (Å²) in [5.41, 5.74) is 2.51. The third-order valence-corrected chi connectivity index (χ3v) is 7.96. The highest BCUT2D eigenvalue weighted by atomic mass is 32.2. The van der Waals surface area contributed by atoms with Crippen molar-refractivity contribution in [3.63, 3.8) is 0 Å². The Labute approximate surface area is 222 Å². The summed E-state index contributed by atoms with van der Waals surface area (Å²) in [5, 5.41) is 11.8. The number of hydrogen-bond donors (Lipinski definition) is 3. The third-order valence-electron chi connectivity index (χ3n) is 5.64. The normalized spacial score (nSPS) is 12.5. The molecule has 0 bridgehead atoms. The Morgan fingerprint density at radius 1 is 0.811 bits per heavy atom. The largest absolute Gasteiger partial charge is 0.480 e. The maximum absolute atomic E-state index is 13.3. The summed E-state index contributed by atoms with van der Waals surface area (Å²) in [6.07, 6.45) is 1.79. The van der Waals surface area contributed by atoms with Gasteiger partial charge in [-0.2, -0.15) is 0 Å². The number of carbonyl (C=O) groups excluding carboxylic acids is 3. The van der Waals surface area contributed by atoms with Crippen molar-refractivity contribution in [1.82, 2.24) is 10.3 Å². The van der Waals surface area contributed by atoms with Gasteiger partial charge in [-0.15, -0.1) is 0 Å². The Hall–Kier alpha value is -3.82. The van der Waals surface area contributed by atoms with Crippen LogP contribution in [0.25, 0.3) is 10.9 Å². The molecule has 4 aromatic rings. The lowest BCUT2D eigenvalue weighted by Gasteiger charge is -2.19. The molecule has 9 heteroatoms. The van der Waals surface area contributed by atoms with Crippen molar-refractivity contribution in [3.05, 3.63) is 108 Å². The van der Waals surface area contributed by atoms with Crippen molar-refractivity contribution < 1.29 is 24.3 Å². The molecule has 7 nitrogen and oxygen atoms in total. The van der Waals surface area contributed by atoms with Crippen molar-refractivity contribution in [2.75, 3.05) is 5.75 Å². The Bertz CT molecular complexity index is 1410. The van der Waals surface area contributed by atoms with Crippen LogP contribution in [0.3, 0.4) is 0 Å². The van der Waals surface area contributed by atoms with Gasteiger partial charge in [0.15, 0.2) is 0 Å². The van der Waals surface area contributed by atoms with Gasteiger partial charge in [0.2, 0.25) is 16.1 Å². The molecule has 1 heterocycles. The number of H-pyrrole nitrogens is 1. The number of amides is 1. The van der Waals surface area contributed by atoms with Crippen molar-refractivity contribution in [1.29, 1.82) is 0 Å². The molecule has 0 spiro atoms. The summed E-state index contributed by atoms with van der Waals surface area (Å²) in [4.78, 5) is 53.9. The molecule has 1 aromatic heterocycles. The lowest BCUT2D eigenvalue weighted by Crippen LogP contribution is -2.46. The van der Waals surface area contributed by atoms with Crippen LogP contribution in [0.4, 0.5) is 0 Å². The molecule has 0 aliphatic carbocycles. The first-order chi connectivity index (χ1) is 17.9. The molecule has 4 rings (SSSR count). The first kappa shape index (κ1) is 26.2. The Balaban J connectivity index is 1.50. The molecule has 188 valence electrons. The van der Waals surface area contributed by atoms with Crippen molar-refractivity contribution in [3.8, 4) is 0 Å². The predicted molar refractivity (Wildman–Crippen MR) is 147 cm³/mol. The van der Waals surface area contributed by atoms with Gasteiger partial charge in [0.1, 0.15) is 11.3 Å². The molecule has 0 radical (unpaired) electrons. The third kappa shape index (κ3) is 6.90. The molecule has 3 N–H and O–H groups in total. The van der Waals surface area contributed by atoms with E-state index in [0.717, 1.165) is 40.0 Å². The number of aromatic nitrogens is 1. The molecular weight excluding hydrogens is 508 g/mol. The zero-order valence-electron chi connectivity index (χ0n) is 19.6. The SMILES string of the molecule is O=C(SCC(SC(=O)c1ccccc1)C(=O)N[C@@H](Cc1c[nH]c2ccccc12)C(=O)O)c1ccccc1. The second-order valence-corrected chi connectivity index (χ2v) is 10.4. The number of benzene rings is 3. The van der Waals surface area contributed by atoms with E-state index in [1.165, 1.54) is 0 Å². The van der Waals surface area contributed by atoms with E-state index in [9.17, 15) is 24.3 Å². The minimum Gasteiger partial charge on any atom is -0.480 e. The minimum absolute atomic E-state index is 0.00221. The molecule has 2 atom stereocenters. The average molecular weight is 533 g/mol. The van der Waals surface area contributed by atoms with Gasteiger partial charge in [-0.1, -0.05) is 102 Å². The number of fused-ring (bicyclic) bond motifs is 1. The lowest BCUT2D eigenvalue weighted by atomic mass is 10.0. The number of carbonyl (C=O) groups is 4. The van der Waals surface area contributed by atoms with E-state index >= 15 is 0 Å². The summed E-state index contributed by atoms with van der Waals surface area (Å²) in [7, 11) is 0. The quantitative estimate of drug-likeness (QED) is 0.269. The van der Waals surface area contributed by atoms with Gasteiger partial charge >= 0.3 is 5.97 Å². The fourth-order valence-electron chi connectivity index (χ4n) is 3.73. The molecule has 0 aliphatic rings. The van der Waals surface area contributed by atoms with Crippen LogP contribution in [0.5, 0.6) is 0 Å². The van der Waals surface area contributed by atoms with E-state index < -0.39 is 23.2 Å². The number of rotatable bonds is 10. The van der Waals surface area contributed by atoms with Crippen LogP contribution in [-0.2, 0) is 16.0 Å². The molecule has 37 heavy (non-hydrogen) atoms. The first-order valence-corrected chi connectivity index (χ1v) is 13.4. The zero-order valence-corrected chi connectivity index (χ0v) is 21.3. The van der Waals surface area contributed by atoms with Gasteiger partial charge in [-0.25, -0.2) is 4.79 Å². The van der Waals surface area contributed by atoms with Crippen LogP contribution in [0.15, 0.2) is 91.1 Å². The second kappa shape index (κ2) is 12.4. The number of para-hydroxylation sites is 1. The van der Waals surface area contributed by atoms with Crippen molar-refractivity contribution in [2.24, 2.45) is 0 Å². The first-order valence-electron chi connectivity index (χ1n) is 11.5. The lowest BCUT2D eigenvalue weighted by molar-refractivity contribution is -0.141. The summed E-state index contributed by atoms with van der Waals surface area (Å²) in [5.74, 6) is -1.80.